The van der Waals surface area contributed by atoms with Crippen molar-refractivity contribution in [1.82, 2.24) is 0 Å². The van der Waals surface area contributed by atoms with E-state index in [0.29, 0.717) is 12.0 Å². The summed E-state index contributed by atoms with van der Waals surface area (Å²) in [6, 6.07) is 5.57. The zero-order chi connectivity index (χ0) is 13.2. The van der Waals surface area contributed by atoms with Crippen molar-refractivity contribution in [3.8, 4) is 0 Å². The molecular weight excluding hydrogens is 239 g/mol. The van der Waals surface area contributed by atoms with Crippen molar-refractivity contribution in [2.24, 2.45) is 5.73 Å². The second kappa shape index (κ2) is 5.14. The van der Waals surface area contributed by atoms with E-state index in [1.807, 2.05) is 6.08 Å². The normalized spacial score (nSPS) is 20.7. The molecule has 0 heterocycles. The van der Waals surface area contributed by atoms with Gasteiger partial charge in [0.2, 0.25) is 0 Å². The molecule has 0 spiro atoms. The van der Waals surface area contributed by atoms with E-state index in [1.54, 1.807) is 6.07 Å². The van der Waals surface area contributed by atoms with Gasteiger partial charge in [0, 0.05) is 6.04 Å². The summed E-state index contributed by atoms with van der Waals surface area (Å²) in [4.78, 5) is 0. The first-order chi connectivity index (χ1) is 8.45. The molecule has 4 heteroatoms. The monoisotopic (exact) mass is 255 g/mol. The molecule has 2 N–H and O–H groups in total. The molecule has 1 aliphatic carbocycles. The third-order valence-electron chi connectivity index (χ3n) is 3.17. The Bertz CT molecular complexity index is 449. The smallest absolute Gasteiger partial charge is 0.324 e. The van der Waals surface area contributed by atoms with Crippen LogP contribution in [0.25, 0.3) is 0 Å². The van der Waals surface area contributed by atoms with Crippen LogP contribution in [0, 0.1) is 0 Å². The number of hydrogen-bond acceptors (Lipinski definition) is 1. The van der Waals surface area contributed by atoms with Gasteiger partial charge in [0.05, 0.1) is 5.56 Å². The van der Waals surface area contributed by atoms with Crippen LogP contribution in [0.2, 0.25) is 0 Å². The van der Waals surface area contributed by atoms with Crippen molar-refractivity contribution in [2.45, 2.75) is 37.9 Å². The van der Waals surface area contributed by atoms with Gasteiger partial charge < -0.3 is 5.73 Å². The lowest BCUT2D eigenvalue weighted by molar-refractivity contribution is -0.137. The second-order valence-corrected chi connectivity index (χ2v) is 4.76. The van der Waals surface area contributed by atoms with Gasteiger partial charge in [0.25, 0.3) is 0 Å². The van der Waals surface area contributed by atoms with Crippen LogP contribution in [0.4, 0.5) is 13.2 Å². The van der Waals surface area contributed by atoms with Gasteiger partial charge in [-0.05, 0) is 37.3 Å². The Balaban J connectivity index is 2.15. The Kier molecular flexibility index (Phi) is 3.76. The Morgan fingerprint density at radius 1 is 1.28 bits per heavy atom. The second-order valence-electron chi connectivity index (χ2n) is 4.76. The van der Waals surface area contributed by atoms with E-state index in [4.69, 9.17) is 5.73 Å². The Hall–Kier alpha value is -1.29. The van der Waals surface area contributed by atoms with Gasteiger partial charge in [-0.15, -0.1) is 0 Å². The highest BCUT2D eigenvalue weighted by molar-refractivity contribution is 5.29. The van der Waals surface area contributed by atoms with Gasteiger partial charge in [-0.1, -0.05) is 29.8 Å². The molecular formula is C14H16F3N. The zero-order valence-electron chi connectivity index (χ0n) is 10.0. The minimum absolute atomic E-state index is 0.0551. The average molecular weight is 255 g/mol. The van der Waals surface area contributed by atoms with Crippen molar-refractivity contribution in [2.75, 3.05) is 0 Å². The van der Waals surface area contributed by atoms with Crippen LogP contribution >= 0.6 is 0 Å². The molecule has 0 saturated heterocycles. The molecule has 0 amide bonds. The van der Waals surface area contributed by atoms with Crippen LogP contribution < -0.4 is 5.73 Å². The zero-order valence-corrected chi connectivity index (χ0v) is 10.0. The summed E-state index contributed by atoms with van der Waals surface area (Å²) in [5.74, 6) is 0. The van der Waals surface area contributed by atoms with Crippen LogP contribution in [0.15, 0.2) is 35.9 Å². The number of hydrogen-bond donors (Lipinski definition) is 1. The molecule has 98 valence electrons. The summed E-state index contributed by atoms with van der Waals surface area (Å²) < 4.78 is 37.7. The highest BCUT2D eigenvalue weighted by Gasteiger charge is 2.30. The van der Waals surface area contributed by atoms with E-state index >= 15 is 0 Å². The number of rotatable bonds is 2. The largest absolute Gasteiger partial charge is 0.416 e. The van der Waals surface area contributed by atoms with E-state index < -0.39 is 11.7 Å². The molecule has 1 unspecified atom stereocenters. The fourth-order valence-corrected chi connectivity index (χ4v) is 2.30. The molecule has 0 radical (unpaired) electrons. The Labute approximate surface area is 104 Å². The van der Waals surface area contributed by atoms with Gasteiger partial charge in [-0.25, -0.2) is 0 Å². The van der Waals surface area contributed by atoms with Crippen LogP contribution in [-0.4, -0.2) is 6.04 Å². The minimum Gasteiger partial charge on any atom is -0.324 e. The maximum absolute atomic E-state index is 12.6. The molecule has 0 fully saturated rings. The first-order valence-electron chi connectivity index (χ1n) is 6.06. The number of benzene rings is 1. The predicted molar refractivity (Wildman–Crippen MR) is 65.1 cm³/mol. The van der Waals surface area contributed by atoms with Gasteiger partial charge in [0.1, 0.15) is 0 Å². The number of alkyl halides is 3. The van der Waals surface area contributed by atoms with Crippen molar-refractivity contribution in [1.29, 1.82) is 0 Å². The first-order valence-corrected chi connectivity index (χ1v) is 6.06. The quantitative estimate of drug-likeness (QED) is 0.801. The number of allylic oxidation sites excluding steroid dienone is 1. The highest BCUT2D eigenvalue weighted by Crippen LogP contribution is 2.30. The minimum atomic E-state index is -4.27. The van der Waals surface area contributed by atoms with Crippen LogP contribution in [0.5, 0.6) is 0 Å². The molecule has 0 aliphatic heterocycles. The average Bonchev–Trinajstić information content (AvgIpc) is 2.28. The van der Waals surface area contributed by atoms with Gasteiger partial charge >= 0.3 is 6.18 Å². The number of nitrogens with two attached hydrogens (primary N) is 1. The topological polar surface area (TPSA) is 26.0 Å². The number of halogens is 3. The fraction of sp³-hybridized carbons (Fsp3) is 0.429. The predicted octanol–water partition coefficient (Wildman–Crippen LogP) is 3.69. The molecule has 1 aromatic carbocycles. The molecule has 18 heavy (non-hydrogen) atoms. The van der Waals surface area contributed by atoms with E-state index in [2.05, 4.69) is 0 Å². The van der Waals surface area contributed by atoms with Crippen molar-refractivity contribution >= 4 is 0 Å². The van der Waals surface area contributed by atoms with Crippen LogP contribution in [0.1, 0.15) is 30.4 Å². The maximum atomic E-state index is 12.6. The summed E-state index contributed by atoms with van der Waals surface area (Å²) in [5.41, 5.74) is 7.08. The fourth-order valence-electron chi connectivity index (χ4n) is 2.30. The molecule has 2 rings (SSSR count). The van der Waals surface area contributed by atoms with Gasteiger partial charge in [-0.2, -0.15) is 13.2 Å². The van der Waals surface area contributed by atoms with Crippen molar-refractivity contribution in [3.63, 3.8) is 0 Å². The SMILES string of the molecule is NC1C=C(Cc2cccc(C(F)(F)F)c2)CCC1. The summed E-state index contributed by atoms with van der Waals surface area (Å²) in [6.45, 7) is 0. The van der Waals surface area contributed by atoms with Gasteiger partial charge in [-0.3, -0.25) is 0 Å². The molecule has 1 aromatic rings. The van der Waals surface area contributed by atoms with Gasteiger partial charge in [0.15, 0.2) is 0 Å². The van der Waals surface area contributed by atoms with E-state index in [-0.39, 0.29) is 6.04 Å². The summed E-state index contributed by atoms with van der Waals surface area (Å²) >= 11 is 0. The third-order valence-corrected chi connectivity index (χ3v) is 3.17. The molecule has 1 atom stereocenters. The summed E-state index contributed by atoms with van der Waals surface area (Å²) in [6.07, 6.45) is 1.21. The lowest BCUT2D eigenvalue weighted by atomic mass is 9.91. The van der Waals surface area contributed by atoms with E-state index in [1.165, 1.54) is 12.1 Å². The lowest BCUT2D eigenvalue weighted by Gasteiger charge is -2.18. The lowest BCUT2D eigenvalue weighted by Crippen LogP contribution is -2.20. The third kappa shape index (κ3) is 3.35. The Morgan fingerprint density at radius 3 is 2.72 bits per heavy atom. The molecule has 0 saturated carbocycles. The van der Waals surface area contributed by atoms with Crippen molar-refractivity contribution in [3.05, 3.63) is 47.0 Å². The van der Waals surface area contributed by atoms with Crippen LogP contribution in [-0.2, 0) is 12.6 Å². The Morgan fingerprint density at radius 2 is 2.06 bits per heavy atom. The van der Waals surface area contributed by atoms with E-state index in [9.17, 15) is 13.2 Å². The standard InChI is InChI=1S/C14H16F3N/c15-14(16,17)12-5-1-3-10(8-12)7-11-4-2-6-13(18)9-11/h1,3,5,8-9,13H,2,4,6-7,18H2. The molecule has 0 aromatic heterocycles. The molecule has 1 nitrogen and oxygen atoms in total. The molecule has 0 bridgehead atoms. The van der Waals surface area contributed by atoms with Crippen LogP contribution in [0.3, 0.4) is 0 Å². The summed E-state index contributed by atoms with van der Waals surface area (Å²) in [5, 5.41) is 0. The molecule has 1 aliphatic rings. The van der Waals surface area contributed by atoms with Crippen molar-refractivity contribution < 1.29 is 13.2 Å². The first kappa shape index (κ1) is 13.1. The summed E-state index contributed by atoms with van der Waals surface area (Å²) in [7, 11) is 0. The van der Waals surface area contributed by atoms with E-state index in [0.717, 1.165) is 30.9 Å². The maximum Gasteiger partial charge on any atom is 0.416 e. The highest BCUT2D eigenvalue weighted by atomic mass is 19.4.